The van der Waals surface area contributed by atoms with Crippen LogP contribution in [0, 0.1) is 17.8 Å². The van der Waals surface area contributed by atoms with Crippen LogP contribution in [-0.4, -0.2) is 26.5 Å². The first kappa shape index (κ1) is 30.6. The van der Waals surface area contributed by atoms with Crippen LogP contribution >= 0.6 is 0 Å². The fourth-order valence-corrected chi connectivity index (χ4v) is 6.81. The minimum atomic E-state index is -1.88. The number of esters is 1. The number of hydrogen-bond donors (Lipinski definition) is 0. The number of aryl methyl sites for hydroxylation is 1. The van der Waals surface area contributed by atoms with E-state index in [1.54, 1.807) is 0 Å². The lowest BCUT2D eigenvalue weighted by Crippen LogP contribution is -2.44. The number of hydrogen-bond acceptors (Lipinski definition) is 3. The minimum absolute atomic E-state index is 0.00306. The van der Waals surface area contributed by atoms with Gasteiger partial charge in [0.2, 0.25) is 0 Å². The molecular weight excluding hydrogens is 460 g/mol. The number of benzene rings is 1. The van der Waals surface area contributed by atoms with Crippen LogP contribution in [0.25, 0.3) is 0 Å². The van der Waals surface area contributed by atoms with Crippen LogP contribution in [0.3, 0.4) is 0 Å². The highest BCUT2D eigenvalue weighted by Gasteiger charge is 2.43. The highest BCUT2D eigenvalue weighted by atomic mass is 28.4. The predicted molar refractivity (Wildman–Crippen MR) is 156 cm³/mol. The highest BCUT2D eigenvalue weighted by Crippen LogP contribution is 2.45. The van der Waals surface area contributed by atoms with Crippen molar-refractivity contribution in [3.63, 3.8) is 0 Å². The topological polar surface area (TPSA) is 35.5 Å². The molecule has 2 rings (SSSR count). The number of ether oxygens (including phenoxy) is 1. The number of carbonyl (C=O) groups excluding carboxylic acids is 1. The molecule has 36 heavy (non-hydrogen) atoms. The van der Waals surface area contributed by atoms with E-state index in [0.29, 0.717) is 24.2 Å². The molecule has 1 aliphatic carbocycles. The Morgan fingerprint density at radius 1 is 1.11 bits per heavy atom. The van der Waals surface area contributed by atoms with Gasteiger partial charge in [0.1, 0.15) is 6.10 Å². The van der Waals surface area contributed by atoms with Gasteiger partial charge in [0, 0.05) is 18.4 Å². The molecule has 0 unspecified atom stereocenters. The average molecular weight is 513 g/mol. The fraction of sp³-hybridized carbons (Fsp3) is 0.656. The SMILES string of the molecule is C=CCCCC(=O)O[C@H]1C[C@@H](C)[C@H](CC[C@H](CCc2ccccc2)O[Si](C)(C)C(C)(C)C)[C@H]1CC=C. The molecule has 0 aromatic heterocycles. The molecule has 1 saturated carbocycles. The van der Waals surface area contributed by atoms with Crippen LogP contribution in [0.4, 0.5) is 0 Å². The van der Waals surface area contributed by atoms with Gasteiger partial charge < -0.3 is 9.16 Å². The Labute approximate surface area is 222 Å². The van der Waals surface area contributed by atoms with Gasteiger partial charge in [0.15, 0.2) is 8.32 Å². The molecule has 1 aromatic rings. The van der Waals surface area contributed by atoms with Gasteiger partial charge in [-0.15, -0.1) is 13.2 Å². The lowest BCUT2D eigenvalue weighted by Gasteiger charge is -2.40. The summed E-state index contributed by atoms with van der Waals surface area (Å²) in [6.45, 7) is 21.8. The molecule has 0 amide bonds. The van der Waals surface area contributed by atoms with Crippen molar-refractivity contribution in [1.82, 2.24) is 0 Å². The Balaban J connectivity index is 2.08. The first-order chi connectivity index (χ1) is 17.0. The first-order valence-corrected chi connectivity index (χ1v) is 17.0. The minimum Gasteiger partial charge on any atom is -0.462 e. The Morgan fingerprint density at radius 3 is 2.42 bits per heavy atom. The van der Waals surface area contributed by atoms with Crippen molar-refractivity contribution in [3.8, 4) is 0 Å². The van der Waals surface area contributed by atoms with Crippen LogP contribution in [0.15, 0.2) is 55.6 Å². The molecular formula is C32H52O3Si. The van der Waals surface area contributed by atoms with Crippen molar-refractivity contribution >= 4 is 14.3 Å². The molecule has 4 heteroatoms. The van der Waals surface area contributed by atoms with Gasteiger partial charge in [-0.05, 0) is 86.9 Å². The molecule has 1 aliphatic rings. The summed E-state index contributed by atoms with van der Waals surface area (Å²) in [6.07, 6.45) is 12.4. The van der Waals surface area contributed by atoms with Gasteiger partial charge in [-0.1, -0.05) is 70.2 Å². The molecule has 202 valence electrons. The quantitative estimate of drug-likeness (QED) is 0.102. The van der Waals surface area contributed by atoms with Gasteiger partial charge >= 0.3 is 5.97 Å². The molecule has 0 heterocycles. The molecule has 0 spiro atoms. The van der Waals surface area contributed by atoms with E-state index in [4.69, 9.17) is 9.16 Å². The van der Waals surface area contributed by atoms with Crippen molar-refractivity contribution in [2.45, 2.75) is 116 Å². The normalized spacial score (nSPS) is 23.3. The maximum atomic E-state index is 12.5. The zero-order valence-electron chi connectivity index (χ0n) is 23.9. The summed E-state index contributed by atoms with van der Waals surface area (Å²) in [4.78, 5) is 12.5. The van der Waals surface area contributed by atoms with Gasteiger partial charge in [0.25, 0.3) is 0 Å². The van der Waals surface area contributed by atoms with E-state index in [1.807, 2.05) is 12.2 Å². The van der Waals surface area contributed by atoms with E-state index in [0.717, 1.165) is 51.4 Å². The Kier molecular flexibility index (Phi) is 12.2. The summed E-state index contributed by atoms with van der Waals surface area (Å²) in [5.41, 5.74) is 1.38. The third kappa shape index (κ3) is 9.34. The van der Waals surface area contributed by atoms with E-state index in [2.05, 4.69) is 84.3 Å². The fourth-order valence-electron chi connectivity index (χ4n) is 5.39. The number of unbranched alkanes of at least 4 members (excludes halogenated alkanes) is 1. The summed E-state index contributed by atoms with van der Waals surface area (Å²) >= 11 is 0. The van der Waals surface area contributed by atoms with Crippen molar-refractivity contribution < 1.29 is 14.0 Å². The summed E-state index contributed by atoms with van der Waals surface area (Å²) in [6, 6.07) is 10.8. The van der Waals surface area contributed by atoms with E-state index < -0.39 is 8.32 Å². The van der Waals surface area contributed by atoms with Crippen molar-refractivity contribution in [3.05, 3.63) is 61.2 Å². The Bertz CT molecular complexity index is 810. The van der Waals surface area contributed by atoms with Gasteiger partial charge in [-0.2, -0.15) is 0 Å². The summed E-state index contributed by atoms with van der Waals surface area (Å²) in [5, 5.41) is 0.189. The average Bonchev–Trinajstić information content (AvgIpc) is 3.09. The van der Waals surface area contributed by atoms with Crippen molar-refractivity contribution in [1.29, 1.82) is 0 Å². The molecule has 0 N–H and O–H groups in total. The second kappa shape index (κ2) is 14.3. The van der Waals surface area contributed by atoms with E-state index >= 15 is 0 Å². The molecule has 0 aliphatic heterocycles. The molecule has 5 atom stereocenters. The largest absolute Gasteiger partial charge is 0.462 e. The third-order valence-electron chi connectivity index (χ3n) is 8.56. The van der Waals surface area contributed by atoms with E-state index in [-0.39, 0.29) is 23.2 Å². The van der Waals surface area contributed by atoms with Crippen molar-refractivity contribution in [2.24, 2.45) is 17.8 Å². The molecule has 0 saturated heterocycles. The number of rotatable bonds is 15. The van der Waals surface area contributed by atoms with E-state index in [1.165, 1.54) is 5.56 Å². The second-order valence-electron chi connectivity index (χ2n) is 12.4. The highest BCUT2D eigenvalue weighted by molar-refractivity contribution is 6.74. The number of allylic oxidation sites excluding steroid dienone is 2. The smallest absolute Gasteiger partial charge is 0.306 e. The van der Waals surface area contributed by atoms with Gasteiger partial charge in [-0.3, -0.25) is 4.79 Å². The third-order valence-corrected chi connectivity index (χ3v) is 13.1. The van der Waals surface area contributed by atoms with Crippen molar-refractivity contribution in [2.75, 3.05) is 0 Å². The Hall–Kier alpha value is -1.65. The molecule has 0 bridgehead atoms. The maximum absolute atomic E-state index is 12.5. The summed E-state index contributed by atoms with van der Waals surface area (Å²) in [5.74, 6) is 1.34. The standard InChI is InChI=1S/C32H52O3Si/c1-9-11-13-19-31(33)34-30-24-25(3)28(29(30)16-10-2)23-22-27(35-36(7,8)32(4,5)6)21-20-26-17-14-12-15-18-26/h9-10,12,14-15,17-18,25,27-30H,1-2,11,13,16,19-24H2,3-8H3/t25-,27+,28+,29-,30+/m1/s1. The van der Waals surface area contributed by atoms with Crippen LogP contribution in [-0.2, 0) is 20.4 Å². The van der Waals surface area contributed by atoms with Gasteiger partial charge in [0.05, 0.1) is 0 Å². The molecule has 3 nitrogen and oxygen atoms in total. The van der Waals surface area contributed by atoms with Crippen LogP contribution in [0.1, 0.15) is 84.6 Å². The zero-order valence-corrected chi connectivity index (χ0v) is 24.9. The first-order valence-electron chi connectivity index (χ1n) is 14.1. The van der Waals surface area contributed by atoms with Crippen LogP contribution in [0.5, 0.6) is 0 Å². The predicted octanol–water partition coefficient (Wildman–Crippen LogP) is 8.91. The second-order valence-corrected chi connectivity index (χ2v) is 17.1. The molecule has 0 radical (unpaired) electrons. The van der Waals surface area contributed by atoms with Crippen LogP contribution < -0.4 is 0 Å². The maximum Gasteiger partial charge on any atom is 0.306 e. The Morgan fingerprint density at radius 2 is 1.81 bits per heavy atom. The summed E-state index contributed by atoms with van der Waals surface area (Å²) < 4.78 is 13.0. The monoisotopic (exact) mass is 512 g/mol. The lowest BCUT2D eigenvalue weighted by molar-refractivity contribution is -0.151. The van der Waals surface area contributed by atoms with Gasteiger partial charge in [-0.25, -0.2) is 0 Å². The lowest BCUT2D eigenvalue weighted by atomic mass is 9.83. The number of carbonyl (C=O) groups is 1. The molecule has 1 aromatic carbocycles. The van der Waals surface area contributed by atoms with Crippen LogP contribution in [0.2, 0.25) is 18.1 Å². The zero-order chi connectivity index (χ0) is 26.8. The van der Waals surface area contributed by atoms with E-state index in [9.17, 15) is 4.79 Å². The summed E-state index contributed by atoms with van der Waals surface area (Å²) in [7, 11) is -1.88. The molecule has 1 fully saturated rings.